The summed E-state index contributed by atoms with van der Waals surface area (Å²) in [7, 11) is -3.35. The highest BCUT2D eigenvalue weighted by Gasteiger charge is 2.15. The van der Waals surface area contributed by atoms with Crippen molar-refractivity contribution in [2.45, 2.75) is 24.3 Å². The molecule has 4 N–H and O–H groups in total. The minimum absolute atomic E-state index is 0.0168. The zero-order valence-corrected chi connectivity index (χ0v) is 12.5. The van der Waals surface area contributed by atoms with Crippen molar-refractivity contribution in [3.63, 3.8) is 0 Å². The predicted molar refractivity (Wildman–Crippen MR) is 79.7 cm³/mol. The van der Waals surface area contributed by atoms with E-state index in [1.54, 1.807) is 6.07 Å². The molecule has 7 heteroatoms. The third-order valence-corrected chi connectivity index (χ3v) is 5.23. The van der Waals surface area contributed by atoms with Gasteiger partial charge in [0.15, 0.2) is 0 Å². The van der Waals surface area contributed by atoms with Crippen LogP contribution in [0.15, 0.2) is 29.2 Å². The molecule has 0 radical (unpaired) electrons. The summed E-state index contributed by atoms with van der Waals surface area (Å²) < 4.78 is 26.0. The molecule has 0 heterocycles. The lowest BCUT2D eigenvalue weighted by Gasteiger charge is -2.14. The molecular formula is C12H20N2O3S2. The second-order valence-electron chi connectivity index (χ2n) is 4.15. The van der Waals surface area contributed by atoms with Crippen molar-refractivity contribution in [1.29, 1.82) is 0 Å². The number of benzene rings is 1. The molecule has 0 aliphatic rings. The summed E-state index contributed by atoms with van der Waals surface area (Å²) in [5.74, 6) is 0.462. The fourth-order valence-corrected chi connectivity index (χ4v) is 4.14. The second-order valence-corrected chi connectivity index (χ2v) is 7.19. The van der Waals surface area contributed by atoms with Crippen LogP contribution in [-0.2, 0) is 10.0 Å². The van der Waals surface area contributed by atoms with E-state index in [1.807, 2.05) is 25.1 Å². The average Bonchev–Trinajstić information content (AvgIpc) is 2.36. The first-order chi connectivity index (χ1) is 8.96. The Morgan fingerprint density at radius 2 is 2.21 bits per heavy atom. The molecule has 0 aromatic heterocycles. The topological polar surface area (TPSA) is 92.4 Å². The quantitative estimate of drug-likeness (QED) is 0.493. The molecule has 0 saturated heterocycles. The van der Waals surface area contributed by atoms with E-state index in [1.165, 1.54) is 11.8 Å². The van der Waals surface area contributed by atoms with Gasteiger partial charge >= 0.3 is 0 Å². The van der Waals surface area contributed by atoms with E-state index < -0.39 is 16.1 Å². The number of rotatable bonds is 8. The van der Waals surface area contributed by atoms with Crippen molar-refractivity contribution >= 4 is 27.5 Å². The van der Waals surface area contributed by atoms with Crippen LogP contribution in [0, 0.1) is 0 Å². The van der Waals surface area contributed by atoms with Crippen LogP contribution in [-0.4, -0.2) is 37.7 Å². The minimum atomic E-state index is -3.35. The molecule has 5 nitrogen and oxygen atoms in total. The lowest BCUT2D eigenvalue weighted by molar-refractivity contribution is 0.254. The largest absolute Gasteiger partial charge is 0.399 e. The molecule has 0 amide bonds. The molecule has 108 valence electrons. The molecule has 0 fully saturated rings. The predicted octanol–water partition coefficient (Wildman–Crippen LogP) is 1.05. The zero-order chi connectivity index (χ0) is 14.3. The number of aliphatic hydroxyl groups is 1. The van der Waals surface area contributed by atoms with E-state index in [0.717, 1.165) is 4.90 Å². The number of hydrogen-bond acceptors (Lipinski definition) is 5. The van der Waals surface area contributed by atoms with Crippen molar-refractivity contribution in [2.75, 3.05) is 23.8 Å². The van der Waals surface area contributed by atoms with Gasteiger partial charge in [-0.05, 0) is 24.6 Å². The maximum atomic E-state index is 11.8. The second kappa shape index (κ2) is 7.74. The van der Waals surface area contributed by atoms with E-state index in [2.05, 4.69) is 4.72 Å². The van der Waals surface area contributed by atoms with Gasteiger partial charge in [0.2, 0.25) is 10.0 Å². The van der Waals surface area contributed by atoms with Gasteiger partial charge in [-0.25, -0.2) is 13.1 Å². The van der Waals surface area contributed by atoms with Crippen LogP contribution in [0.5, 0.6) is 0 Å². The van der Waals surface area contributed by atoms with Gasteiger partial charge in [-0.3, -0.25) is 0 Å². The number of anilines is 1. The van der Waals surface area contributed by atoms with Gasteiger partial charge < -0.3 is 10.8 Å². The maximum Gasteiger partial charge on any atom is 0.212 e. The lowest BCUT2D eigenvalue weighted by atomic mass is 10.3. The Balaban J connectivity index is 2.43. The van der Waals surface area contributed by atoms with Gasteiger partial charge in [-0.15, -0.1) is 11.8 Å². The molecule has 19 heavy (non-hydrogen) atoms. The van der Waals surface area contributed by atoms with Gasteiger partial charge in [0.05, 0.1) is 12.4 Å². The Morgan fingerprint density at radius 1 is 1.47 bits per heavy atom. The van der Waals surface area contributed by atoms with E-state index in [-0.39, 0.29) is 12.4 Å². The van der Waals surface area contributed by atoms with E-state index in [0.29, 0.717) is 17.9 Å². The lowest BCUT2D eigenvalue weighted by Crippen LogP contribution is -2.38. The number of thioether (sulfide) groups is 1. The van der Waals surface area contributed by atoms with E-state index in [9.17, 15) is 8.42 Å². The molecule has 1 rings (SSSR count). The van der Waals surface area contributed by atoms with Crippen molar-refractivity contribution in [3.8, 4) is 0 Å². The summed E-state index contributed by atoms with van der Waals surface area (Å²) in [6, 6.07) is 6.93. The minimum Gasteiger partial charge on any atom is -0.399 e. The van der Waals surface area contributed by atoms with Crippen LogP contribution in [0.2, 0.25) is 0 Å². The standard InChI is InChI=1S/C12H20N2O3S2/c1-2-11(9-15)14-19(16,17)7-6-18-12-5-3-4-10(13)8-12/h3-5,8,11,14-15H,2,6-7,9,13H2,1H3. The number of nitrogens with one attached hydrogen (secondary N) is 1. The highest BCUT2D eigenvalue weighted by Crippen LogP contribution is 2.20. The van der Waals surface area contributed by atoms with Gasteiger partial charge in [0, 0.05) is 22.4 Å². The molecule has 1 aromatic carbocycles. The monoisotopic (exact) mass is 304 g/mol. The molecule has 0 aliphatic heterocycles. The molecular weight excluding hydrogens is 284 g/mol. The van der Waals surface area contributed by atoms with Crippen molar-refractivity contribution in [2.24, 2.45) is 0 Å². The highest BCUT2D eigenvalue weighted by molar-refractivity contribution is 8.00. The SMILES string of the molecule is CCC(CO)NS(=O)(=O)CCSc1cccc(N)c1. The molecule has 0 aliphatic carbocycles. The first-order valence-corrected chi connectivity index (χ1v) is 8.70. The Kier molecular flexibility index (Phi) is 6.64. The number of sulfonamides is 1. The summed E-state index contributed by atoms with van der Waals surface area (Å²) in [5, 5.41) is 8.98. The maximum absolute atomic E-state index is 11.8. The highest BCUT2D eigenvalue weighted by atomic mass is 32.2. The van der Waals surface area contributed by atoms with Crippen LogP contribution in [0.3, 0.4) is 0 Å². The van der Waals surface area contributed by atoms with Crippen LogP contribution < -0.4 is 10.5 Å². The smallest absolute Gasteiger partial charge is 0.212 e. The number of nitrogens with two attached hydrogens (primary N) is 1. The van der Waals surface area contributed by atoms with Crippen LogP contribution >= 0.6 is 11.8 Å². The third kappa shape index (κ3) is 6.29. The number of nitrogen functional groups attached to an aromatic ring is 1. The Bertz CT molecular complexity index is 488. The summed E-state index contributed by atoms with van der Waals surface area (Å²) in [6.07, 6.45) is 0.568. The van der Waals surface area contributed by atoms with Crippen molar-refractivity contribution in [1.82, 2.24) is 4.72 Å². The van der Waals surface area contributed by atoms with Crippen molar-refractivity contribution in [3.05, 3.63) is 24.3 Å². The fourth-order valence-electron chi connectivity index (χ4n) is 1.44. The summed E-state index contributed by atoms with van der Waals surface area (Å²) in [6.45, 7) is 1.64. The van der Waals surface area contributed by atoms with E-state index in [4.69, 9.17) is 10.8 Å². The Morgan fingerprint density at radius 3 is 2.79 bits per heavy atom. The summed E-state index contributed by atoms with van der Waals surface area (Å²) in [4.78, 5) is 0.949. The van der Waals surface area contributed by atoms with Crippen LogP contribution in [0.4, 0.5) is 5.69 Å². The number of aliphatic hydroxyl groups excluding tert-OH is 1. The molecule has 0 bridgehead atoms. The molecule has 0 saturated carbocycles. The van der Waals surface area contributed by atoms with Crippen molar-refractivity contribution < 1.29 is 13.5 Å². The average molecular weight is 304 g/mol. The van der Waals surface area contributed by atoms with Gasteiger partial charge in [0.1, 0.15) is 0 Å². The molecule has 1 atom stereocenters. The van der Waals surface area contributed by atoms with Gasteiger partial charge in [-0.1, -0.05) is 13.0 Å². The third-order valence-electron chi connectivity index (χ3n) is 2.54. The molecule has 0 spiro atoms. The van der Waals surface area contributed by atoms with Crippen LogP contribution in [0.1, 0.15) is 13.3 Å². The Hall–Kier alpha value is -0.760. The fraction of sp³-hybridized carbons (Fsp3) is 0.500. The van der Waals surface area contributed by atoms with E-state index >= 15 is 0 Å². The molecule has 1 aromatic rings. The summed E-state index contributed by atoms with van der Waals surface area (Å²) in [5.41, 5.74) is 6.31. The normalized spacial score (nSPS) is 13.4. The van der Waals surface area contributed by atoms with Crippen LogP contribution in [0.25, 0.3) is 0 Å². The molecule has 1 unspecified atom stereocenters. The first-order valence-electron chi connectivity index (χ1n) is 6.06. The van der Waals surface area contributed by atoms with Gasteiger partial charge in [-0.2, -0.15) is 0 Å². The number of hydrogen-bond donors (Lipinski definition) is 3. The Labute approximate surface area is 118 Å². The zero-order valence-electron chi connectivity index (χ0n) is 10.9. The first kappa shape index (κ1) is 16.3. The summed E-state index contributed by atoms with van der Waals surface area (Å²) >= 11 is 1.44. The van der Waals surface area contributed by atoms with Gasteiger partial charge in [0.25, 0.3) is 0 Å².